The number of methoxy groups -OCH3 is 1. The van der Waals surface area contributed by atoms with Gasteiger partial charge in [0.2, 0.25) is 0 Å². The van der Waals surface area contributed by atoms with Crippen LogP contribution in [0.15, 0.2) is 5.38 Å². The molecule has 0 aliphatic rings. The van der Waals surface area contributed by atoms with E-state index >= 15 is 0 Å². The van der Waals surface area contributed by atoms with E-state index < -0.39 is 0 Å². The molecule has 0 aliphatic carbocycles. The molecule has 0 saturated heterocycles. The van der Waals surface area contributed by atoms with Gasteiger partial charge in [0.1, 0.15) is 5.60 Å². The van der Waals surface area contributed by atoms with Gasteiger partial charge in [-0.1, -0.05) is 0 Å². The quantitative estimate of drug-likeness (QED) is 0.784. The highest BCUT2D eigenvalue weighted by Gasteiger charge is 2.22. The first kappa shape index (κ1) is 9.48. The summed E-state index contributed by atoms with van der Waals surface area (Å²) in [6.07, 6.45) is 0. The molecule has 0 aromatic carbocycles. The Bertz CT molecular complexity index is 257. The number of anilines is 1. The molecule has 0 bridgehead atoms. The van der Waals surface area contributed by atoms with Crippen LogP contribution in [0.2, 0.25) is 0 Å². The zero-order chi connectivity index (χ0) is 9.19. The minimum absolute atomic E-state index is 0.286. The van der Waals surface area contributed by atoms with Gasteiger partial charge in [0.25, 0.3) is 0 Å². The van der Waals surface area contributed by atoms with Crippen molar-refractivity contribution in [2.75, 3.05) is 19.5 Å². The molecule has 1 aromatic heterocycles. The smallest absolute Gasteiger partial charge is 0.182 e. The van der Waals surface area contributed by atoms with Crippen LogP contribution < -0.4 is 5.32 Å². The summed E-state index contributed by atoms with van der Waals surface area (Å²) < 4.78 is 5.30. The van der Waals surface area contributed by atoms with E-state index in [4.69, 9.17) is 4.74 Å². The normalized spacial score (nSPS) is 11.7. The maximum Gasteiger partial charge on any atom is 0.182 e. The molecule has 12 heavy (non-hydrogen) atoms. The summed E-state index contributed by atoms with van der Waals surface area (Å²) in [5.41, 5.74) is 0.686. The van der Waals surface area contributed by atoms with E-state index in [9.17, 15) is 0 Å². The van der Waals surface area contributed by atoms with Gasteiger partial charge >= 0.3 is 0 Å². The third-order valence-corrected chi connectivity index (χ3v) is 2.70. The van der Waals surface area contributed by atoms with Crippen LogP contribution in [0.3, 0.4) is 0 Å². The molecule has 1 aromatic rings. The monoisotopic (exact) mass is 186 g/mol. The number of thiazole rings is 1. The Morgan fingerprint density at radius 2 is 2.25 bits per heavy atom. The summed E-state index contributed by atoms with van der Waals surface area (Å²) in [6, 6.07) is 0. The van der Waals surface area contributed by atoms with Gasteiger partial charge in [-0.3, -0.25) is 0 Å². The lowest BCUT2D eigenvalue weighted by Crippen LogP contribution is -2.19. The van der Waals surface area contributed by atoms with Crippen molar-refractivity contribution in [2.45, 2.75) is 19.4 Å². The summed E-state index contributed by atoms with van der Waals surface area (Å²) in [7, 11) is 3.56. The first-order valence-corrected chi connectivity index (χ1v) is 4.67. The van der Waals surface area contributed by atoms with Crippen LogP contribution in [0, 0.1) is 0 Å². The third kappa shape index (κ3) is 1.76. The van der Waals surface area contributed by atoms with Crippen LogP contribution in [0.25, 0.3) is 0 Å². The van der Waals surface area contributed by atoms with Gasteiger partial charge in [-0.15, -0.1) is 11.3 Å². The Labute approximate surface area is 76.8 Å². The highest BCUT2D eigenvalue weighted by atomic mass is 32.1. The third-order valence-electron chi connectivity index (χ3n) is 1.85. The fraction of sp³-hybridized carbons (Fsp3) is 0.625. The molecule has 0 saturated carbocycles. The van der Waals surface area contributed by atoms with E-state index in [1.54, 1.807) is 18.4 Å². The molecule has 0 aliphatic heterocycles. The summed E-state index contributed by atoms with van der Waals surface area (Å²) in [5.74, 6) is 0. The Morgan fingerprint density at radius 1 is 1.58 bits per heavy atom. The SMILES string of the molecule is CNc1nc(C(C)(C)OC)cs1. The summed E-state index contributed by atoms with van der Waals surface area (Å²) in [5, 5.41) is 5.93. The molecular weight excluding hydrogens is 172 g/mol. The van der Waals surface area contributed by atoms with Crippen LogP contribution in [-0.4, -0.2) is 19.1 Å². The van der Waals surface area contributed by atoms with Crippen LogP contribution in [-0.2, 0) is 10.3 Å². The van der Waals surface area contributed by atoms with E-state index in [2.05, 4.69) is 10.3 Å². The van der Waals surface area contributed by atoms with Crippen molar-refractivity contribution in [3.63, 3.8) is 0 Å². The average molecular weight is 186 g/mol. The minimum atomic E-state index is -0.286. The summed E-state index contributed by atoms with van der Waals surface area (Å²) in [4.78, 5) is 4.35. The van der Waals surface area contributed by atoms with Gasteiger partial charge < -0.3 is 10.1 Å². The molecule has 0 atom stereocenters. The highest BCUT2D eigenvalue weighted by molar-refractivity contribution is 7.13. The predicted octanol–water partition coefficient (Wildman–Crippen LogP) is 2.07. The molecular formula is C8H14N2OS. The molecule has 68 valence electrons. The molecule has 1 N–H and O–H groups in total. The molecule has 0 radical (unpaired) electrons. The summed E-state index contributed by atoms with van der Waals surface area (Å²) >= 11 is 1.59. The molecule has 4 heteroatoms. The molecule has 0 amide bonds. The zero-order valence-electron chi connectivity index (χ0n) is 7.84. The second-order valence-corrected chi connectivity index (χ2v) is 3.86. The lowest BCUT2D eigenvalue weighted by molar-refractivity contribution is 0.0161. The Morgan fingerprint density at radius 3 is 2.67 bits per heavy atom. The van der Waals surface area contributed by atoms with Gasteiger partial charge in [-0.25, -0.2) is 4.98 Å². The van der Waals surface area contributed by atoms with Gasteiger partial charge in [0.15, 0.2) is 5.13 Å². The number of aromatic nitrogens is 1. The van der Waals surface area contributed by atoms with Crippen molar-refractivity contribution in [2.24, 2.45) is 0 Å². The standard InChI is InChI=1S/C8H14N2OS/c1-8(2,11-4)6-5-12-7(9-3)10-6/h5H,1-4H3,(H,9,10). The van der Waals surface area contributed by atoms with Gasteiger partial charge in [0.05, 0.1) is 5.69 Å². The van der Waals surface area contributed by atoms with Gasteiger partial charge in [0, 0.05) is 19.5 Å². The maximum absolute atomic E-state index is 5.30. The Kier molecular flexibility index (Phi) is 2.69. The number of hydrogen-bond acceptors (Lipinski definition) is 4. The number of rotatable bonds is 3. The minimum Gasteiger partial charge on any atom is -0.372 e. The van der Waals surface area contributed by atoms with Gasteiger partial charge in [-0.2, -0.15) is 0 Å². The first-order chi connectivity index (χ1) is 5.60. The van der Waals surface area contributed by atoms with Crippen molar-refractivity contribution in [3.8, 4) is 0 Å². The van der Waals surface area contributed by atoms with E-state index in [1.165, 1.54) is 0 Å². The second-order valence-electron chi connectivity index (χ2n) is 3.00. The van der Waals surface area contributed by atoms with E-state index in [0.29, 0.717) is 0 Å². The van der Waals surface area contributed by atoms with Crippen LogP contribution in [0.1, 0.15) is 19.5 Å². The maximum atomic E-state index is 5.30. The fourth-order valence-corrected chi connectivity index (χ4v) is 1.60. The topological polar surface area (TPSA) is 34.2 Å². The van der Waals surface area contributed by atoms with Crippen molar-refractivity contribution in [1.29, 1.82) is 0 Å². The number of ether oxygens (including phenoxy) is 1. The van der Waals surface area contributed by atoms with Crippen LogP contribution >= 0.6 is 11.3 Å². The highest BCUT2D eigenvalue weighted by Crippen LogP contribution is 2.26. The zero-order valence-corrected chi connectivity index (χ0v) is 8.66. The van der Waals surface area contributed by atoms with E-state index in [1.807, 2.05) is 26.3 Å². The largest absolute Gasteiger partial charge is 0.372 e. The van der Waals surface area contributed by atoms with Gasteiger partial charge in [-0.05, 0) is 13.8 Å². The first-order valence-electron chi connectivity index (χ1n) is 3.79. The molecule has 0 fully saturated rings. The molecule has 0 unspecified atom stereocenters. The molecule has 1 rings (SSSR count). The number of nitrogens with zero attached hydrogens (tertiary/aromatic N) is 1. The predicted molar refractivity (Wildman–Crippen MR) is 51.7 cm³/mol. The number of nitrogens with one attached hydrogen (secondary N) is 1. The van der Waals surface area contributed by atoms with Crippen LogP contribution in [0.5, 0.6) is 0 Å². The van der Waals surface area contributed by atoms with E-state index in [0.717, 1.165) is 10.8 Å². The Hall–Kier alpha value is -0.610. The molecule has 1 heterocycles. The second kappa shape index (κ2) is 3.41. The Balaban J connectivity index is 2.88. The molecule has 0 spiro atoms. The lowest BCUT2D eigenvalue weighted by atomic mass is 10.1. The van der Waals surface area contributed by atoms with Crippen molar-refractivity contribution in [1.82, 2.24) is 4.98 Å². The van der Waals surface area contributed by atoms with Crippen molar-refractivity contribution in [3.05, 3.63) is 11.1 Å². The molecule has 3 nitrogen and oxygen atoms in total. The van der Waals surface area contributed by atoms with Crippen LogP contribution in [0.4, 0.5) is 5.13 Å². The number of hydrogen-bond donors (Lipinski definition) is 1. The summed E-state index contributed by atoms with van der Waals surface area (Å²) in [6.45, 7) is 4.00. The average Bonchev–Trinajstić information content (AvgIpc) is 2.52. The van der Waals surface area contributed by atoms with E-state index in [-0.39, 0.29) is 5.60 Å². The fourth-order valence-electron chi connectivity index (χ4n) is 0.770. The lowest BCUT2D eigenvalue weighted by Gasteiger charge is -2.19. The van der Waals surface area contributed by atoms with Crippen molar-refractivity contribution >= 4 is 16.5 Å². The van der Waals surface area contributed by atoms with Crippen molar-refractivity contribution < 1.29 is 4.74 Å².